The lowest BCUT2D eigenvalue weighted by atomic mass is 9.82. The standard InChI is InChI=1S/C61H46N2/c1-61(2)55-29-15-14-28-54(55)60-56(61)30-17-31-57(60)62(50-37-32-44(33-38-50)43-18-6-3-7-19-43)51-39-34-45(35-40-51)48-23-16-26-52(42-48)63(49-24-10-5-11-25-49)58-41-36-46-20-12-13-27-53(46)59(58)47-21-8-4-9-22-47/h3-42H,1-2H3. The molecule has 0 radical (unpaired) electrons. The molecule has 0 unspecified atom stereocenters. The topological polar surface area (TPSA) is 6.48 Å². The molecule has 0 spiro atoms. The molecule has 1 aliphatic rings. The highest BCUT2D eigenvalue weighted by Crippen LogP contribution is 2.54. The van der Waals surface area contributed by atoms with Crippen LogP contribution in [0.5, 0.6) is 0 Å². The first-order valence-corrected chi connectivity index (χ1v) is 21.8. The maximum atomic E-state index is 2.44. The third-order valence-corrected chi connectivity index (χ3v) is 12.8. The summed E-state index contributed by atoms with van der Waals surface area (Å²) in [6, 6.07) is 88.2. The van der Waals surface area contributed by atoms with Gasteiger partial charge in [-0.1, -0.05) is 196 Å². The summed E-state index contributed by atoms with van der Waals surface area (Å²) >= 11 is 0. The van der Waals surface area contributed by atoms with E-state index in [2.05, 4.69) is 266 Å². The van der Waals surface area contributed by atoms with Gasteiger partial charge in [0.15, 0.2) is 0 Å². The number of hydrogen-bond donors (Lipinski definition) is 0. The second kappa shape index (κ2) is 15.8. The number of fused-ring (bicyclic) bond motifs is 4. The molecule has 2 nitrogen and oxygen atoms in total. The van der Waals surface area contributed by atoms with Gasteiger partial charge in [-0.05, 0) is 116 Å². The number of anilines is 6. The Kier molecular flexibility index (Phi) is 9.55. The molecule has 0 N–H and O–H groups in total. The van der Waals surface area contributed by atoms with Crippen LogP contribution in [-0.4, -0.2) is 0 Å². The Morgan fingerprint density at radius 3 is 1.49 bits per heavy atom. The van der Waals surface area contributed by atoms with Crippen molar-refractivity contribution in [3.63, 3.8) is 0 Å². The molecule has 0 fully saturated rings. The lowest BCUT2D eigenvalue weighted by Crippen LogP contribution is -2.16. The second-order valence-corrected chi connectivity index (χ2v) is 16.9. The van der Waals surface area contributed by atoms with Crippen molar-refractivity contribution in [2.75, 3.05) is 9.80 Å². The van der Waals surface area contributed by atoms with E-state index >= 15 is 0 Å². The molecule has 0 bridgehead atoms. The van der Waals surface area contributed by atoms with Gasteiger partial charge in [0, 0.05) is 39.3 Å². The first-order valence-electron chi connectivity index (χ1n) is 21.8. The van der Waals surface area contributed by atoms with Gasteiger partial charge in [0.25, 0.3) is 0 Å². The molecule has 0 heterocycles. The lowest BCUT2D eigenvalue weighted by molar-refractivity contribution is 0.660. The summed E-state index contributed by atoms with van der Waals surface area (Å²) in [5.74, 6) is 0. The van der Waals surface area contributed by atoms with E-state index in [0.29, 0.717) is 0 Å². The summed E-state index contributed by atoms with van der Waals surface area (Å²) in [4.78, 5) is 4.84. The maximum Gasteiger partial charge on any atom is 0.0546 e. The van der Waals surface area contributed by atoms with Crippen molar-refractivity contribution in [3.05, 3.63) is 254 Å². The summed E-state index contributed by atoms with van der Waals surface area (Å²) in [6.07, 6.45) is 0. The third-order valence-electron chi connectivity index (χ3n) is 12.8. The van der Waals surface area contributed by atoms with Crippen LogP contribution in [0.3, 0.4) is 0 Å². The fraction of sp³-hybridized carbons (Fsp3) is 0.0492. The highest BCUT2D eigenvalue weighted by Gasteiger charge is 2.37. The number of para-hydroxylation sites is 1. The Hall–Kier alpha value is -7.94. The van der Waals surface area contributed by atoms with Crippen LogP contribution >= 0.6 is 0 Å². The SMILES string of the molecule is CC1(C)c2ccccc2-c2c(N(c3ccc(-c4ccccc4)cc3)c3ccc(-c4cccc(N(c5ccccc5)c5ccc6ccccc6c5-c5ccccc5)c4)cc3)cccc21. The molecule has 0 saturated heterocycles. The minimum Gasteiger partial charge on any atom is -0.310 e. The zero-order chi connectivity index (χ0) is 42.3. The summed E-state index contributed by atoms with van der Waals surface area (Å²) in [7, 11) is 0. The molecule has 10 aromatic rings. The maximum absolute atomic E-state index is 2.44. The fourth-order valence-electron chi connectivity index (χ4n) is 9.77. The minimum atomic E-state index is -0.109. The van der Waals surface area contributed by atoms with E-state index in [1.807, 2.05) is 0 Å². The van der Waals surface area contributed by atoms with Crippen molar-refractivity contribution in [2.24, 2.45) is 0 Å². The van der Waals surface area contributed by atoms with E-state index in [1.165, 1.54) is 61.0 Å². The van der Waals surface area contributed by atoms with E-state index in [0.717, 1.165) is 39.6 Å². The monoisotopic (exact) mass is 806 g/mol. The second-order valence-electron chi connectivity index (χ2n) is 16.9. The van der Waals surface area contributed by atoms with Crippen molar-refractivity contribution >= 4 is 44.9 Å². The largest absolute Gasteiger partial charge is 0.310 e. The molecule has 1 aliphatic carbocycles. The van der Waals surface area contributed by atoms with E-state index in [-0.39, 0.29) is 5.41 Å². The molecule has 0 amide bonds. The molecule has 2 heteroatoms. The molecule has 11 rings (SSSR count). The van der Waals surface area contributed by atoms with Crippen LogP contribution in [0, 0.1) is 0 Å². The first kappa shape index (κ1) is 38.0. The number of hydrogen-bond acceptors (Lipinski definition) is 2. The predicted molar refractivity (Wildman–Crippen MR) is 267 cm³/mol. The molecule has 63 heavy (non-hydrogen) atoms. The quantitative estimate of drug-likeness (QED) is 0.143. The van der Waals surface area contributed by atoms with Crippen LogP contribution < -0.4 is 9.80 Å². The van der Waals surface area contributed by atoms with Gasteiger partial charge in [-0.3, -0.25) is 0 Å². The first-order chi connectivity index (χ1) is 31.0. The molecular weight excluding hydrogens is 761 g/mol. The number of nitrogens with zero attached hydrogens (tertiary/aromatic N) is 2. The van der Waals surface area contributed by atoms with Gasteiger partial charge in [0.1, 0.15) is 0 Å². The molecule has 0 saturated carbocycles. The van der Waals surface area contributed by atoms with Crippen LogP contribution in [0.15, 0.2) is 243 Å². The van der Waals surface area contributed by atoms with Gasteiger partial charge < -0.3 is 9.80 Å². The van der Waals surface area contributed by atoms with Crippen LogP contribution in [0.25, 0.3) is 55.3 Å². The van der Waals surface area contributed by atoms with Gasteiger partial charge in [-0.2, -0.15) is 0 Å². The normalized spacial score (nSPS) is 12.4. The van der Waals surface area contributed by atoms with Crippen LogP contribution in [0.4, 0.5) is 34.1 Å². The summed E-state index contributed by atoms with van der Waals surface area (Å²) in [6.45, 7) is 4.70. The van der Waals surface area contributed by atoms with Crippen molar-refractivity contribution in [1.82, 2.24) is 0 Å². The summed E-state index contributed by atoms with van der Waals surface area (Å²) in [5, 5.41) is 2.45. The van der Waals surface area contributed by atoms with Crippen molar-refractivity contribution in [2.45, 2.75) is 19.3 Å². The Bertz CT molecular complexity index is 3230. The Morgan fingerprint density at radius 1 is 0.302 bits per heavy atom. The van der Waals surface area contributed by atoms with Gasteiger partial charge in [-0.15, -0.1) is 0 Å². The molecular formula is C61H46N2. The predicted octanol–water partition coefficient (Wildman–Crippen LogP) is 17.1. The lowest BCUT2D eigenvalue weighted by Gasteiger charge is -2.29. The highest BCUT2D eigenvalue weighted by atomic mass is 15.2. The molecule has 0 atom stereocenters. The number of benzene rings is 10. The highest BCUT2D eigenvalue weighted by molar-refractivity contribution is 6.05. The van der Waals surface area contributed by atoms with Gasteiger partial charge >= 0.3 is 0 Å². The molecule has 300 valence electrons. The molecule has 0 aromatic heterocycles. The average molecular weight is 807 g/mol. The van der Waals surface area contributed by atoms with Crippen LogP contribution in [0.2, 0.25) is 0 Å². The Balaban J connectivity index is 1.03. The van der Waals surface area contributed by atoms with E-state index in [9.17, 15) is 0 Å². The van der Waals surface area contributed by atoms with E-state index in [1.54, 1.807) is 0 Å². The van der Waals surface area contributed by atoms with Gasteiger partial charge in [-0.25, -0.2) is 0 Å². The number of rotatable bonds is 9. The fourth-order valence-corrected chi connectivity index (χ4v) is 9.77. The summed E-state index contributed by atoms with van der Waals surface area (Å²) in [5.41, 5.74) is 19.0. The Morgan fingerprint density at radius 2 is 0.778 bits per heavy atom. The van der Waals surface area contributed by atoms with Crippen molar-refractivity contribution in [1.29, 1.82) is 0 Å². The zero-order valence-electron chi connectivity index (χ0n) is 35.5. The molecule has 10 aromatic carbocycles. The van der Waals surface area contributed by atoms with E-state index < -0.39 is 0 Å². The zero-order valence-corrected chi connectivity index (χ0v) is 35.5. The van der Waals surface area contributed by atoms with E-state index in [4.69, 9.17) is 0 Å². The van der Waals surface area contributed by atoms with Gasteiger partial charge in [0.05, 0.1) is 11.4 Å². The van der Waals surface area contributed by atoms with Gasteiger partial charge in [0.2, 0.25) is 0 Å². The van der Waals surface area contributed by atoms with Crippen LogP contribution in [0.1, 0.15) is 25.0 Å². The van der Waals surface area contributed by atoms with Crippen molar-refractivity contribution < 1.29 is 0 Å². The van der Waals surface area contributed by atoms with Crippen molar-refractivity contribution in [3.8, 4) is 44.5 Å². The smallest absolute Gasteiger partial charge is 0.0546 e. The third kappa shape index (κ3) is 6.77. The van der Waals surface area contributed by atoms with Crippen LogP contribution in [-0.2, 0) is 5.41 Å². The Labute approximate surface area is 370 Å². The summed E-state index contributed by atoms with van der Waals surface area (Å²) < 4.78 is 0. The molecule has 0 aliphatic heterocycles. The minimum absolute atomic E-state index is 0.109. The average Bonchev–Trinajstić information content (AvgIpc) is 3.59.